The zero-order valence-electron chi connectivity index (χ0n) is 33.3. The van der Waals surface area contributed by atoms with E-state index < -0.39 is 108 Å². The number of carbonyl (C=O) groups excluding carboxylic acids is 8. The molecule has 0 unspecified atom stereocenters. The summed E-state index contributed by atoms with van der Waals surface area (Å²) in [7, 11) is 0. The molecule has 0 saturated heterocycles. The summed E-state index contributed by atoms with van der Waals surface area (Å²) in [6.07, 6.45) is 0.308. The molecule has 0 radical (unpaired) electrons. The predicted octanol–water partition coefficient (Wildman–Crippen LogP) is -2.60. The molecule has 326 valence electrons. The van der Waals surface area contributed by atoms with Crippen LogP contribution in [0.15, 0.2) is 0 Å². The first kappa shape index (κ1) is 53.6. The van der Waals surface area contributed by atoms with Crippen molar-refractivity contribution in [3.05, 3.63) is 0 Å². The molecule has 0 saturated carbocycles. The van der Waals surface area contributed by atoms with Gasteiger partial charge in [-0.15, -0.1) is 0 Å². The third kappa shape index (κ3) is 20.2. The Labute approximate surface area is 355 Å². The van der Waals surface area contributed by atoms with Crippen LogP contribution in [-0.4, -0.2) is 136 Å². The van der Waals surface area contributed by atoms with Crippen molar-refractivity contribution in [3.63, 3.8) is 0 Å². The average molecular weight is 884 g/mol. The zero-order chi connectivity index (χ0) is 44.2. The van der Waals surface area contributed by atoms with Crippen LogP contribution in [-0.2, 0) is 43.2 Å². The average Bonchev–Trinajstić information content (AvgIpc) is 3.13. The molecule has 0 heterocycles. The van der Waals surface area contributed by atoms with Gasteiger partial charge in [0.1, 0.15) is 42.3 Å². The standard InChI is InChI=1S/C34H61N9O10S4/c1-15(2)8-20(30(48)42-24(14-57)34(52)53)38-25(44)10-36-27(45)18(7)37-29(47)21(9-16(3)4)39-31(49)22(12-55)40-32(50)23(13-56)41-33(51)26(17(5)6)43-28(46)19(35)11-54/h15-24,26,54-57H,8-14,35H2,1-7H3,(H,36,45)(H,37,47)(H,38,44)(H,39,49)(H,40,50)(H,41,51)(H,42,48)(H,43,46)(H,52,53)/t18-,19-,20-,21-,22-,23-,24-,26-/m0/s1. The van der Waals surface area contributed by atoms with Gasteiger partial charge in [-0.2, -0.15) is 50.5 Å². The Morgan fingerprint density at radius 2 is 0.895 bits per heavy atom. The highest BCUT2D eigenvalue weighted by atomic mass is 32.1. The van der Waals surface area contributed by atoms with Gasteiger partial charge in [-0.25, -0.2) is 4.79 Å². The fourth-order valence-electron chi connectivity index (χ4n) is 4.88. The molecule has 23 heteroatoms. The van der Waals surface area contributed by atoms with Gasteiger partial charge in [0, 0.05) is 23.0 Å². The molecule has 0 bridgehead atoms. The quantitative estimate of drug-likeness (QED) is 0.0400. The number of carbonyl (C=O) groups is 9. The number of thiol groups is 4. The van der Waals surface area contributed by atoms with Crippen molar-refractivity contribution in [2.24, 2.45) is 23.5 Å². The third-order valence-electron chi connectivity index (χ3n) is 8.08. The summed E-state index contributed by atoms with van der Waals surface area (Å²) in [5, 5.41) is 29.0. The Bertz CT molecular complexity index is 1410. The topological polar surface area (TPSA) is 296 Å². The van der Waals surface area contributed by atoms with E-state index in [1.165, 1.54) is 6.92 Å². The van der Waals surface area contributed by atoms with Gasteiger partial charge in [0.15, 0.2) is 0 Å². The number of nitrogens with one attached hydrogen (secondary N) is 8. The Hall–Kier alpha value is -3.41. The van der Waals surface area contributed by atoms with Crippen molar-refractivity contribution < 1.29 is 48.3 Å². The van der Waals surface area contributed by atoms with Gasteiger partial charge >= 0.3 is 5.97 Å². The first-order chi connectivity index (χ1) is 26.5. The normalized spacial score (nSPS) is 15.4. The molecule has 0 aliphatic carbocycles. The second kappa shape index (κ2) is 27.3. The van der Waals surface area contributed by atoms with Crippen molar-refractivity contribution in [1.29, 1.82) is 0 Å². The molecule has 0 rings (SSSR count). The van der Waals surface area contributed by atoms with Crippen LogP contribution in [0.5, 0.6) is 0 Å². The number of nitrogens with two attached hydrogens (primary N) is 1. The second-order valence-electron chi connectivity index (χ2n) is 14.5. The number of carboxylic acid groups (broad SMARTS) is 1. The van der Waals surface area contributed by atoms with Crippen LogP contribution in [0.25, 0.3) is 0 Å². The summed E-state index contributed by atoms with van der Waals surface area (Å²) >= 11 is 16.3. The fraction of sp³-hybridized carbons (Fsp3) is 0.735. The summed E-state index contributed by atoms with van der Waals surface area (Å²) in [6.45, 7) is 11.3. The van der Waals surface area contributed by atoms with E-state index in [1.807, 2.05) is 0 Å². The fourth-order valence-corrected chi connectivity index (χ4v) is 5.81. The van der Waals surface area contributed by atoms with Crippen LogP contribution in [0, 0.1) is 17.8 Å². The van der Waals surface area contributed by atoms with Crippen LogP contribution in [0.3, 0.4) is 0 Å². The van der Waals surface area contributed by atoms with E-state index in [1.54, 1.807) is 41.5 Å². The summed E-state index contributed by atoms with van der Waals surface area (Å²) in [5.41, 5.74) is 5.71. The highest BCUT2D eigenvalue weighted by Crippen LogP contribution is 2.09. The van der Waals surface area contributed by atoms with Gasteiger partial charge in [0.2, 0.25) is 47.3 Å². The Balaban J connectivity index is 5.56. The molecule has 0 aromatic carbocycles. The van der Waals surface area contributed by atoms with Crippen molar-refractivity contribution >= 4 is 104 Å². The molecule has 8 amide bonds. The van der Waals surface area contributed by atoms with Gasteiger partial charge in [0.05, 0.1) is 12.6 Å². The van der Waals surface area contributed by atoms with Crippen molar-refractivity contribution in [2.75, 3.05) is 29.6 Å². The lowest BCUT2D eigenvalue weighted by molar-refractivity contribution is -0.141. The smallest absolute Gasteiger partial charge is 0.327 e. The summed E-state index contributed by atoms with van der Waals surface area (Å²) in [4.78, 5) is 115. The number of amides is 8. The summed E-state index contributed by atoms with van der Waals surface area (Å²) in [6, 6.07) is -9.24. The Kier molecular flexibility index (Phi) is 25.7. The molecular weight excluding hydrogens is 823 g/mol. The maximum absolute atomic E-state index is 13.3. The molecule has 11 N–H and O–H groups in total. The zero-order valence-corrected chi connectivity index (χ0v) is 36.9. The predicted molar refractivity (Wildman–Crippen MR) is 227 cm³/mol. The number of hydrogen-bond donors (Lipinski definition) is 14. The molecule has 0 aliphatic rings. The summed E-state index contributed by atoms with van der Waals surface area (Å²) in [5.74, 6) is -8.20. The van der Waals surface area contributed by atoms with Crippen LogP contribution >= 0.6 is 50.5 Å². The molecule has 0 aromatic heterocycles. The first-order valence-corrected chi connectivity index (χ1v) is 20.9. The monoisotopic (exact) mass is 883 g/mol. The molecular formula is C34H61N9O10S4. The minimum Gasteiger partial charge on any atom is -0.480 e. The van der Waals surface area contributed by atoms with Crippen LogP contribution in [0.1, 0.15) is 61.3 Å². The molecule has 0 aromatic rings. The lowest BCUT2D eigenvalue weighted by atomic mass is 10.0. The minimum absolute atomic E-state index is 0.0442. The lowest BCUT2D eigenvalue weighted by Crippen LogP contribution is -2.61. The molecule has 57 heavy (non-hydrogen) atoms. The van der Waals surface area contributed by atoms with Crippen LogP contribution in [0.4, 0.5) is 0 Å². The second-order valence-corrected chi connectivity index (χ2v) is 15.9. The SMILES string of the molecule is CC(C)C[C@H](NC(=O)CNC(=O)[C@H](C)NC(=O)[C@H](CC(C)C)NC(=O)[C@H](CS)NC(=O)[C@H](CS)NC(=O)[C@@H](NC(=O)[C@@H](N)CS)C(C)C)C(=O)N[C@@H](CS)C(=O)O. The van der Waals surface area contributed by atoms with Gasteiger partial charge in [-0.1, -0.05) is 41.5 Å². The first-order valence-electron chi connectivity index (χ1n) is 18.3. The van der Waals surface area contributed by atoms with Gasteiger partial charge in [-0.3, -0.25) is 38.4 Å². The van der Waals surface area contributed by atoms with E-state index in [2.05, 4.69) is 93.0 Å². The molecule has 0 fully saturated rings. The van der Waals surface area contributed by atoms with Crippen molar-refractivity contribution in [3.8, 4) is 0 Å². The van der Waals surface area contributed by atoms with Crippen LogP contribution in [0.2, 0.25) is 0 Å². The highest BCUT2D eigenvalue weighted by Gasteiger charge is 2.33. The van der Waals surface area contributed by atoms with E-state index in [0.717, 1.165) is 0 Å². The minimum atomic E-state index is -1.29. The largest absolute Gasteiger partial charge is 0.480 e. The molecule has 8 atom stereocenters. The van der Waals surface area contributed by atoms with Gasteiger partial charge in [0.25, 0.3) is 0 Å². The maximum Gasteiger partial charge on any atom is 0.327 e. The number of carboxylic acids is 1. The van der Waals surface area contributed by atoms with E-state index >= 15 is 0 Å². The Morgan fingerprint density at radius 3 is 1.32 bits per heavy atom. The maximum atomic E-state index is 13.3. The summed E-state index contributed by atoms with van der Waals surface area (Å²) < 4.78 is 0. The highest BCUT2D eigenvalue weighted by molar-refractivity contribution is 7.80. The number of aliphatic carboxylic acids is 1. The lowest BCUT2D eigenvalue weighted by Gasteiger charge is -2.27. The van der Waals surface area contributed by atoms with Crippen LogP contribution < -0.4 is 48.3 Å². The van der Waals surface area contributed by atoms with E-state index in [0.29, 0.717) is 0 Å². The van der Waals surface area contributed by atoms with E-state index in [-0.39, 0.29) is 53.6 Å². The van der Waals surface area contributed by atoms with Crippen molar-refractivity contribution in [1.82, 2.24) is 42.5 Å². The number of rotatable bonds is 26. The number of hydrogen-bond acceptors (Lipinski definition) is 14. The molecule has 0 spiro atoms. The Morgan fingerprint density at radius 1 is 0.491 bits per heavy atom. The van der Waals surface area contributed by atoms with Gasteiger partial charge < -0.3 is 53.4 Å². The molecule has 19 nitrogen and oxygen atoms in total. The van der Waals surface area contributed by atoms with E-state index in [9.17, 15) is 48.3 Å². The van der Waals surface area contributed by atoms with Gasteiger partial charge in [-0.05, 0) is 37.5 Å². The third-order valence-corrected chi connectivity index (χ3v) is 9.57. The van der Waals surface area contributed by atoms with E-state index in [4.69, 9.17) is 5.73 Å². The van der Waals surface area contributed by atoms with Crippen molar-refractivity contribution in [2.45, 2.75) is 110 Å². The molecule has 0 aliphatic heterocycles.